The number of hydrogen-bond donors (Lipinski definition) is 3. The number of nitrogens with zero attached hydrogens (tertiary/aromatic N) is 4. The van der Waals surface area contributed by atoms with Gasteiger partial charge in [-0.1, -0.05) is 44.5 Å². The van der Waals surface area contributed by atoms with E-state index in [9.17, 15) is 4.79 Å². The Morgan fingerprint density at radius 2 is 1.81 bits per heavy atom. The van der Waals surface area contributed by atoms with Gasteiger partial charge < -0.3 is 21.7 Å². The summed E-state index contributed by atoms with van der Waals surface area (Å²) in [6.07, 6.45) is 2.80. The molecule has 37 heavy (non-hydrogen) atoms. The van der Waals surface area contributed by atoms with Crippen LogP contribution in [0.1, 0.15) is 37.6 Å². The van der Waals surface area contributed by atoms with Crippen LogP contribution >= 0.6 is 23.4 Å². The molecule has 0 unspecified atom stereocenters. The largest absolute Gasteiger partial charge is 0.401 e. The summed E-state index contributed by atoms with van der Waals surface area (Å²) < 4.78 is 0. The summed E-state index contributed by atoms with van der Waals surface area (Å²) in [6.45, 7) is 7.93. The first-order valence-electron chi connectivity index (χ1n) is 11.9. The molecule has 0 saturated carbocycles. The highest BCUT2D eigenvalue weighted by molar-refractivity contribution is 7.99. The molecule has 5 N–H and O–H groups in total. The summed E-state index contributed by atoms with van der Waals surface area (Å²) in [5.41, 5.74) is 13.8. The number of nitrogens with two attached hydrogens (primary N) is 2. The van der Waals surface area contributed by atoms with Gasteiger partial charge >= 0.3 is 0 Å². The molecule has 1 aliphatic heterocycles. The molecule has 0 radical (unpaired) electrons. The standard InChI is InChI=1S/C27H30ClN7OS/c1-27(2,3)21(29)15-22(30)32-23-16-24(35-13-6-14-35)34-26(33-23)37-18-11-9-17(10-12-18)31-25(36)19-7-4-5-8-20(19)28/h4-5,7-12,15-16H,6,13-14,29H2,1-3H3,(H,31,36)(H2,30,32,33,34)/b21-15-. The van der Waals surface area contributed by atoms with Crippen molar-refractivity contribution in [3.05, 3.63) is 77.0 Å². The molecule has 192 valence electrons. The number of rotatable bonds is 7. The number of carbonyl (C=O) groups is 1. The van der Waals surface area contributed by atoms with Crippen LogP contribution in [0.15, 0.2) is 81.4 Å². The van der Waals surface area contributed by atoms with Gasteiger partial charge in [0.15, 0.2) is 11.0 Å². The predicted molar refractivity (Wildman–Crippen MR) is 152 cm³/mol. The third kappa shape index (κ3) is 7.02. The fraction of sp³-hybridized carbons (Fsp3) is 0.259. The highest BCUT2D eigenvalue weighted by Gasteiger charge is 2.19. The lowest BCUT2D eigenvalue weighted by molar-refractivity contribution is 0.102. The van der Waals surface area contributed by atoms with Crippen LogP contribution in [0, 0.1) is 5.41 Å². The Balaban J connectivity index is 1.52. The maximum Gasteiger partial charge on any atom is 0.257 e. The number of amides is 1. The minimum Gasteiger partial charge on any atom is -0.401 e. The normalized spacial score (nSPS) is 14.3. The minimum atomic E-state index is -0.266. The summed E-state index contributed by atoms with van der Waals surface area (Å²) in [4.78, 5) is 29.4. The van der Waals surface area contributed by atoms with Crippen molar-refractivity contribution in [2.75, 3.05) is 23.3 Å². The van der Waals surface area contributed by atoms with Gasteiger partial charge in [0.25, 0.3) is 5.91 Å². The molecule has 2 aromatic carbocycles. The van der Waals surface area contributed by atoms with Crippen LogP contribution in [0.5, 0.6) is 0 Å². The maximum atomic E-state index is 12.5. The SMILES string of the molecule is CC(C)(C)/C(N)=C/C(N)=N/c1cc(N2CCC2)nc(Sc2ccc(NC(=O)c3ccccc3Cl)cc2)n1. The van der Waals surface area contributed by atoms with E-state index in [1.165, 1.54) is 11.8 Å². The number of nitrogens with one attached hydrogen (secondary N) is 1. The monoisotopic (exact) mass is 535 g/mol. The van der Waals surface area contributed by atoms with Crippen LogP contribution < -0.4 is 21.7 Å². The molecule has 10 heteroatoms. The first kappa shape index (κ1) is 26.5. The first-order valence-corrected chi connectivity index (χ1v) is 13.1. The molecule has 3 aromatic rings. The Hall–Kier alpha value is -3.56. The van der Waals surface area contributed by atoms with E-state index in [0.717, 1.165) is 30.2 Å². The van der Waals surface area contributed by atoms with E-state index in [4.69, 9.17) is 28.1 Å². The van der Waals surface area contributed by atoms with Crippen LogP contribution in [-0.2, 0) is 0 Å². The molecule has 0 atom stereocenters. The molecule has 0 spiro atoms. The van der Waals surface area contributed by atoms with E-state index in [1.807, 2.05) is 51.1 Å². The molecule has 0 aliphatic carbocycles. The predicted octanol–water partition coefficient (Wildman–Crippen LogP) is 5.62. The summed E-state index contributed by atoms with van der Waals surface area (Å²) in [5.74, 6) is 1.30. The highest BCUT2D eigenvalue weighted by Crippen LogP contribution is 2.31. The van der Waals surface area contributed by atoms with Crippen LogP contribution in [0.3, 0.4) is 0 Å². The molecular formula is C27H30ClN7OS. The van der Waals surface area contributed by atoms with Gasteiger partial charge in [0, 0.05) is 40.9 Å². The Labute approximate surface area is 226 Å². The topological polar surface area (TPSA) is 123 Å². The summed E-state index contributed by atoms with van der Waals surface area (Å²) in [6, 6.07) is 16.2. The second-order valence-electron chi connectivity index (χ2n) is 9.65. The average molecular weight is 536 g/mol. The molecule has 4 rings (SSSR count). The Bertz CT molecular complexity index is 1350. The van der Waals surface area contributed by atoms with E-state index in [0.29, 0.717) is 32.9 Å². The zero-order valence-corrected chi connectivity index (χ0v) is 22.6. The second kappa shape index (κ2) is 11.2. The van der Waals surface area contributed by atoms with Gasteiger partial charge in [-0.3, -0.25) is 4.79 Å². The zero-order valence-electron chi connectivity index (χ0n) is 21.0. The summed E-state index contributed by atoms with van der Waals surface area (Å²) >= 11 is 7.54. The van der Waals surface area contributed by atoms with Crippen LogP contribution in [-0.4, -0.2) is 34.8 Å². The number of carbonyl (C=O) groups excluding carboxylic acids is 1. The quantitative estimate of drug-likeness (QED) is 0.204. The third-order valence-corrected chi connectivity index (χ3v) is 6.91. The van der Waals surface area contributed by atoms with E-state index < -0.39 is 0 Å². The lowest BCUT2D eigenvalue weighted by Gasteiger charge is -2.32. The number of allylic oxidation sites excluding steroid dienone is 1. The molecule has 1 aliphatic rings. The van der Waals surface area contributed by atoms with Crippen molar-refractivity contribution in [1.29, 1.82) is 0 Å². The fourth-order valence-electron chi connectivity index (χ4n) is 3.31. The summed E-state index contributed by atoms with van der Waals surface area (Å²) in [7, 11) is 0. The van der Waals surface area contributed by atoms with E-state index in [1.54, 1.807) is 30.3 Å². The molecule has 1 saturated heterocycles. The Morgan fingerprint density at radius 3 is 2.43 bits per heavy atom. The molecule has 2 heterocycles. The number of anilines is 2. The Morgan fingerprint density at radius 1 is 1.11 bits per heavy atom. The molecule has 1 amide bonds. The number of aromatic nitrogens is 2. The third-order valence-electron chi connectivity index (χ3n) is 5.71. The van der Waals surface area contributed by atoms with Gasteiger partial charge in [-0.2, -0.15) is 0 Å². The number of halogens is 1. The van der Waals surface area contributed by atoms with Crippen LogP contribution in [0.25, 0.3) is 0 Å². The van der Waals surface area contributed by atoms with E-state index in [-0.39, 0.29) is 17.2 Å². The second-order valence-corrected chi connectivity index (χ2v) is 11.1. The van der Waals surface area contributed by atoms with Gasteiger partial charge in [0.1, 0.15) is 11.7 Å². The number of hydrogen-bond acceptors (Lipinski definition) is 7. The lowest BCUT2D eigenvalue weighted by Crippen LogP contribution is -2.37. The van der Waals surface area contributed by atoms with Gasteiger partial charge in [0.2, 0.25) is 0 Å². The number of aliphatic imine (C=N–C) groups is 1. The van der Waals surface area contributed by atoms with Gasteiger partial charge in [-0.15, -0.1) is 0 Å². The van der Waals surface area contributed by atoms with E-state index in [2.05, 4.69) is 20.2 Å². The van der Waals surface area contributed by atoms with Gasteiger partial charge in [-0.05, 0) is 60.7 Å². The zero-order chi connectivity index (χ0) is 26.6. The van der Waals surface area contributed by atoms with E-state index >= 15 is 0 Å². The lowest BCUT2D eigenvalue weighted by atomic mass is 9.92. The van der Waals surface area contributed by atoms with Crippen molar-refractivity contribution in [3.63, 3.8) is 0 Å². The van der Waals surface area contributed by atoms with Crippen molar-refractivity contribution >= 4 is 52.4 Å². The fourth-order valence-corrected chi connectivity index (χ4v) is 4.29. The van der Waals surface area contributed by atoms with Crippen molar-refractivity contribution in [1.82, 2.24) is 9.97 Å². The number of amidine groups is 1. The Kier molecular flexibility index (Phi) is 8.04. The van der Waals surface area contributed by atoms with Crippen LogP contribution in [0.4, 0.5) is 17.3 Å². The highest BCUT2D eigenvalue weighted by atomic mass is 35.5. The minimum absolute atomic E-state index is 0.214. The summed E-state index contributed by atoms with van der Waals surface area (Å²) in [5, 5.41) is 3.83. The van der Waals surface area contributed by atoms with Gasteiger partial charge in [-0.25, -0.2) is 15.0 Å². The van der Waals surface area contributed by atoms with Crippen molar-refractivity contribution in [2.24, 2.45) is 21.9 Å². The van der Waals surface area contributed by atoms with Gasteiger partial charge in [0.05, 0.1) is 10.6 Å². The van der Waals surface area contributed by atoms with Crippen molar-refractivity contribution in [2.45, 2.75) is 37.2 Å². The average Bonchev–Trinajstić information content (AvgIpc) is 2.78. The first-order chi connectivity index (χ1) is 17.6. The van der Waals surface area contributed by atoms with Crippen molar-refractivity contribution in [3.8, 4) is 0 Å². The molecule has 8 nitrogen and oxygen atoms in total. The van der Waals surface area contributed by atoms with Crippen molar-refractivity contribution < 1.29 is 4.79 Å². The maximum absolute atomic E-state index is 12.5. The molecule has 1 fully saturated rings. The molecule has 1 aromatic heterocycles. The van der Waals surface area contributed by atoms with Crippen LogP contribution in [0.2, 0.25) is 5.02 Å². The smallest absolute Gasteiger partial charge is 0.257 e. The molecule has 0 bridgehead atoms. The number of benzene rings is 2. The molecular weight excluding hydrogens is 506 g/mol.